The van der Waals surface area contributed by atoms with Crippen molar-refractivity contribution < 1.29 is 14.3 Å². The summed E-state index contributed by atoms with van der Waals surface area (Å²) in [6.45, 7) is 4.30. The van der Waals surface area contributed by atoms with Gasteiger partial charge in [-0.1, -0.05) is 17.7 Å². The van der Waals surface area contributed by atoms with Crippen LogP contribution in [0.25, 0.3) is 0 Å². The van der Waals surface area contributed by atoms with Crippen molar-refractivity contribution in [2.45, 2.75) is 20.3 Å². The fourth-order valence-corrected chi connectivity index (χ4v) is 1.57. The number of amides is 1. The van der Waals surface area contributed by atoms with Crippen LogP contribution in [0.4, 0.5) is 5.69 Å². The number of carbonyl (C=O) groups is 2. The van der Waals surface area contributed by atoms with Crippen molar-refractivity contribution in [2.24, 2.45) is 0 Å². The maximum atomic E-state index is 11.9. The van der Waals surface area contributed by atoms with Crippen LogP contribution in [0.5, 0.6) is 0 Å². The lowest BCUT2D eigenvalue weighted by atomic mass is 10.2. The zero-order valence-electron chi connectivity index (χ0n) is 12.7. The Balaban J connectivity index is 2.50. The highest BCUT2D eigenvalue weighted by atomic mass is 16.5. The van der Waals surface area contributed by atoms with E-state index in [1.54, 1.807) is 19.1 Å². The van der Waals surface area contributed by atoms with Gasteiger partial charge in [0.25, 0.3) is 5.91 Å². The molecule has 1 rings (SSSR count). The minimum absolute atomic E-state index is 0.0653. The Hall–Kier alpha value is -2.81. The predicted molar refractivity (Wildman–Crippen MR) is 82.8 cm³/mol. The minimum atomic E-state index is -0.505. The van der Waals surface area contributed by atoms with Crippen molar-refractivity contribution in [3.8, 4) is 6.07 Å². The van der Waals surface area contributed by atoms with Gasteiger partial charge in [0.2, 0.25) is 0 Å². The highest BCUT2D eigenvalue weighted by molar-refractivity contribution is 6.06. The monoisotopic (exact) mass is 301 g/mol. The van der Waals surface area contributed by atoms with Gasteiger partial charge in [-0.2, -0.15) is 5.26 Å². The van der Waals surface area contributed by atoms with Crippen LogP contribution in [0.2, 0.25) is 0 Å². The maximum Gasteiger partial charge on any atom is 0.307 e. The van der Waals surface area contributed by atoms with E-state index < -0.39 is 5.91 Å². The van der Waals surface area contributed by atoms with Crippen LogP contribution in [0.1, 0.15) is 18.9 Å². The second kappa shape index (κ2) is 9.19. The third kappa shape index (κ3) is 6.09. The molecule has 6 heteroatoms. The Labute approximate surface area is 129 Å². The zero-order valence-corrected chi connectivity index (χ0v) is 12.7. The van der Waals surface area contributed by atoms with Gasteiger partial charge in [-0.15, -0.1) is 0 Å². The smallest absolute Gasteiger partial charge is 0.307 e. The summed E-state index contributed by atoms with van der Waals surface area (Å²) in [5.41, 5.74) is 1.63. The molecule has 2 N–H and O–H groups in total. The number of hydrogen-bond donors (Lipinski definition) is 2. The Morgan fingerprint density at radius 3 is 2.59 bits per heavy atom. The quantitative estimate of drug-likeness (QED) is 0.347. The highest BCUT2D eigenvalue weighted by Crippen LogP contribution is 2.09. The van der Waals surface area contributed by atoms with Gasteiger partial charge in [-0.05, 0) is 26.0 Å². The highest BCUT2D eigenvalue weighted by Gasteiger charge is 2.09. The number of aryl methyl sites for hydroxylation is 1. The van der Waals surface area contributed by atoms with Crippen LogP contribution in [0, 0.1) is 18.3 Å². The Kier molecular flexibility index (Phi) is 7.20. The van der Waals surface area contributed by atoms with Crippen LogP contribution < -0.4 is 10.6 Å². The largest absolute Gasteiger partial charge is 0.466 e. The molecule has 6 nitrogen and oxygen atoms in total. The number of nitrogens with zero attached hydrogens (tertiary/aromatic N) is 1. The van der Waals surface area contributed by atoms with Crippen molar-refractivity contribution >= 4 is 17.6 Å². The van der Waals surface area contributed by atoms with Gasteiger partial charge in [0.05, 0.1) is 13.0 Å². The fourth-order valence-electron chi connectivity index (χ4n) is 1.57. The molecule has 0 saturated carbocycles. The molecular weight excluding hydrogens is 282 g/mol. The summed E-state index contributed by atoms with van der Waals surface area (Å²) in [4.78, 5) is 23.1. The lowest BCUT2D eigenvalue weighted by Crippen LogP contribution is -2.19. The molecule has 1 aromatic rings. The number of ether oxygens (including phenoxy) is 1. The summed E-state index contributed by atoms with van der Waals surface area (Å²) in [7, 11) is 0. The van der Waals surface area contributed by atoms with Crippen LogP contribution in [0.15, 0.2) is 36.0 Å². The van der Waals surface area contributed by atoms with Crippen LogP contribution >= 0.6 is 0 Å². The SMILES string of the molecule is CCOC(=O)CCN/C=C(/C#N)C(=O)Nc1ccc(C)cc1. The molecule has 0 saturated heterocycles. The van der Waals surface area contributed by atoms with E-state index in [0.29, 0.717) is 18.8 Å². The molecule has 116 valence electrons. The predicted octanol–water partition coefficient (Wildman–Crippen LogP) is 1.88. The van der Waals surface area contributed by atoms with E-state index in [2.05, 4.69) is 10.6 Å². The lowest BCUT2D eigenvalue weighted by Gasteiger charge is -2.05. The minimum Gasteiger partial charge on any atom is -0.466 e. The van der Waals surface area contributed by atoms with E-state index in [0.717, 1.165) is 5.56 Å². The molecule has 0 aromatic heterocycles. The molecule has 0 aliphatic heterocycles. The average molecular weight is 301 g/mol. The number of carbonyl (C=O) groups excluding carboxylic acids is 2. The van der Waals surface area contributed by atoms with Gasteiger partial charge in [0, 0.05) is 18.4 Å². The van der Waals surface area contributed by atoms with Crippen LogP contribution in [-0.4, -0.2) is 25.0 Å². The zero-order chi connectivity index (χ0) is 16.4. The average Bonchev–Trinajstić information content (AvgIpc) is 2.50. The number of hydrogen-bond acceptors (Lipinski definition) is 5. The van der Waals surface area contributed by atoms with Crippen molar-refractivity contribution in [1.82, 2.24) is 5.32 Å². The maximum absolute atomic E-state index is 11.9. The number of nitrogens with one attached hydrogen (secondary N) is 2. The van der Waals surface area contributed by atoms with E-state index >= 15 is 0 Å². The van der Waals surface area contributed by atoms with Gasteiger partial charge in [-0.3, -0.25) is 9.59 Å². The molecule has 1 amide bonds. The molecule has 0 aliphatic carbocycles. The summed E-state index contributed by atoms with van der Waals surface area (Å²) in [5, 5.41) is 14.4. The molecule has 0 radical (unpaired) electrons. The van der Waals surface area contributed by atoms with Crippen LogP contribution in [-0.2, 0) is 14.3 Å². The van der Waals surface area contributed by atoms with Gasteiger partial charge in [0.1, 0.15) is 11.6 Å². The number of esters is 1. The van der Waals surface area contributed by atoms with E-state index in [9.17, 15) is 9.59 Å². The van der Waals surface area contributed by atoms with Crippen molar-refractivity contribution in [1.29, 1.82) is 5.26 Å². The van der Waals surface area contributed by atoms with Crippen molar-refractivity contribution in [2.75, 3.05) is 18.5 Å². The van der Waals surface area contributed by atoms with Gasteiger partial charge >= 0.3 is 5.97 Å². The lowest BCUT2D eigenvalue weighted by molar-refractivity contribution is -0.142. The first-order valence-corrected chi connectivity index (χ1v) is 6.94. The summed E-state index contributed by atoms with van der Waals surface area (Å²) >= 11 is 0. The molecule has 0 fully saturated rings. The molecule has 0 bridgehead atoms. The van der Waals surface area contributed by atoms with Crippen LogP contribution in [0.3, 0.4) is 0 Å². The molecule has 0 heterocycles. The molecule has 0 unspecified atom stereocenters. The summed E-state index contributed by atoms with van der Waals surface area (Å²) < 4.78 is 4.77. The van der Waals surface area contributed by atoms with E-state index in [-0.39, 0.29) is 18.0 Å². The third-order valence-corrected chi connectivity index (χ3v) is 2.70. The molecule has 0 atom stereocenters. The second-order valence-electron chi connectivity index (χ2n) is 4.50. The van der Waals surface area contributed by atoms with Gasteiger partial charge in [0.15, 0.2) is 0 Å². The third-order valence-electron chi connectivity index (χ3n) is 2.70. The molecular formula is C16H19N3O3. The molecule has 0 spiro atoms. The first kappa shape index (κ1) is 17.2. The summed E-state index contributed by atoms with van der Waals surface area (Å²) in [6, 6.07) is 9.07. The molecule has 22 heavy (non-hydrogen) atoms. The second-order valence-corrected chi connectivity index (χ2v) is 4.50. The van der Waals surface area contributed by atoms with E-state index in [4.69, 9.17) is 10.00 Å². The normalized spacial score (nSPS) is 10.5. The first-order valence-electron chi connectivity index (χ1n) is 6.94. The standard InChI is InChI=1S/C16H19N3O3/c1-3-22-15(20)8-9-18-11-13(10-17)16(21)19-14-6-4-12(2)5-7-14/h4-7,11,18H,3,8-9H2,1-2H3,(H,19,21)/b13-11-. The fraction of sp³-hybridized carbons (Fsp3) is 0.312. The molecule has 1 aromatic carbocycles. The number of anilines is 1. The van der Waals surface area contributed by atoms with E-state index in [1.807, 2.05) is 25.1 Å². The summed E-state index contributed by atoms with van der Waals surface area (Å²) in [6.07, 6.45) is 1.46. The van der Waals surface area contributed by atoms with Gasteiger partial charge < -0.3 is 15.4 Å². The molecule has 0 aliphatic rings. The Morgan fingerprint density at radius 1 is 1.32 bits per heavy atom. The Morgan fingerprint density at radius 2 is 2.00 bits per heavy atom. The van der Waals surface area contributed by atoms with Crippen molar-refractivity contribution in [3.05, 3.63) is 41.6 Å². The van der Waals surface area contributed by atoms with E-state index in [1.165, 1.54) is 6.20 Å². The Bertz CT molecular complexity index is 586. The number of benzene rings is 1. The number of nitriles is 1. The first-order chi connectivity index (χ1) is 10.6. The van der Waals surface area contributed by atoms with Gasteiger partial charge in [-0.25, -0.2) is 0 Å². The van der Waals surface area contributed by atoms with Crippen molar-refractivity contribution in [3.63, 3.8) is 0 Å². The number of rotatable bonds is 7. The summed E-state index contributed by atoms with van der Waals surface area (Å²) in [5.74, 6) is -0.832. The topological polar surface area (TPSA) is 91.2 Å².